The minimum absolute atomic E-state index is 0.00906. The van der Waals surface area contributed by atoms with Gasteiger partial charge in [-0.15, -0.1) is 17.9 Å². The number of carbonyl (C=O) groups excluding carboxylic acids is 1. The molecule has 1 aliphatic rings. The Morgan fingerprint density at radius 3 is 2.81 bits per heavy atom. The highest BCUT2D eigenvalue weighted by Crippen LogP contribution is 2.37. The van der Waals surface area contributed by atoms with Gasteiger partial charge in [0.25, 0.3) is 5.24 Å². The fourth-order valence-electron chi connectivity index (χ4n) is 5.68. The smallest absolute Gasteiger partial charge is 0.330 e. The second kappa shape index (κ2) is 12.8. The molecular weight excluding hydrogens is 600 g/mol. The van der Waals surface area contributed by atoms with Crippen molar-refractivity contribution in [3.05, 3.63) is 78.1 Å². The van der Waals surface area contributed by atoms with Crippen molar-refractivity contribution in [1.29, 1.82) is 0 Å². The van der Waals surface area contributed by atoms with Crippen LogP contribution in [0.15, 0.2) is 65.5 Å². The summed E-state index contributed by atoms with van der Waals surface area (Å²) in [4.78, 5) is 19.5. The average Bonchev–Trinajstić information content (AvgIpc) is 3.58. The molecule has 5 rings (SSSR count). The molecular formula is C30H32F3N5OS3. The number of nitrogens with zero attached hydrogens (tertiary/aromatic N) is 4. The van der Waals surface area contributed by atoms with Gasteiger partial charge in [-0.05, 0) is 91.9 Å². The van der Waals surface area contributed by atoms with Crippen molar-refractivity contribution in [3.8, 4) is 10.6 Å². The zero-order valence-electron chi connectivity index (χ0n) is 23.3. The first-order chi connectivity index (χ1) is 20.0. The number of halogens is 3. The summed E-state index contributed by atoms with van der Waals surface area (Å²) in [6.07, 6.45) is 1.76. The lowest BCUT2D eigenvalue weighted by Gasteiger charge is -2.41. The number of carbonyl (C=O) groups is 1. The third kappa shape index (κ3) is 6.88. The second-order valence-corrected chi connectivity index (χ2v) is 13.3. The highest BCUT2D eigenvalue weighted by atomic mass is 32.2. The maximum atomic E-state index is 13.2. The minimum Gasteiger partial charge on any atom is -0.330 e. The van der Waals surface area contributed by atoms with E-state index in [1.54, 1.807) is 6.07 Å². The number of nitrogens with one attached hydrogen (secondary N) is 1. The SMILES string of the molecule is C=CC(CNSc1ccc(-c2cc(C(F)(F)F)n(C)n2)s1)C1CCN(C(=O)S)C(Cc2ccnc3ccc(C)cc23)C1. The number of alkyl halides is 3. The normalized spacial score (nSPS) is 18.4. The minimum atomic E-state index is -4.45. The van der Waals surface area contributed by atoms with Crippen molar-refractivity contribution in [2.45, 2.75) is 42.6 Å². The lowest BCUT2D eigenvalue weighted by molar-refractivity contribution is -0.143. The van der Waals surface area contributed by atoms with Gasteiger partial charge in [0.2, 0.25) is 0 Å². The van der Waals surface area contributed by atoms with Gasteiger partial charge in [-0.3, -0.25) is 19.2 Å². The average molecular weight is 632 g/mol. The van der Waals surface area contributed by atoms with Crippen LogP contribution in [0.3, 0.4) is 0 Å². The number of amides is 1. The molecule has 42 heavy (non-hydrogen) atoms. The van der Waals surface area contributed by atoms with Crippen LogP contribution in [0.25, 0.3) is 21.5 Å². The Hall–Kier alpha value is -2.80. The van der Waals surface area contributed by atoms with Gasteiger partial charge >= 0.3 is 6.18 Å². The Labute approximate surface area is 256 Å². The highest BCUT2D eigenvalue weighted by Gasteiger charge is 2.36. The van der Waals surface area contributed by atoms with Crippen LogP contribution >= 0.6 is 35.9 Å². The highest BCUT2D eigenvalue weighted by molar-refractivity contribution is 7.99. The molecule has 0 spiro atoms. The van der Waals surface area contributed by atoms with Crippen molar-refractivity contribution < 1.29 is 18.0 Å². The summed E-state index contributed by atoms with van der Waals surface area (Å²) >= 11 is 7.03. The number of aromatic nitrogens is 3. The second-order valence-electron chi connectivity index (χ2n) is 10.6. The molecule has 1 fully saturated rings. The number of pyridine rings is 1. The molecule has 4 aromatic rings. The number of hydrogen-bond acceptors (Lipinski definition) is 6. The largest absolute Gasteiger partial charge is 0.433 e. The van der Waals surface area contributed by atoms with Crippen LogP contribution in [0.5, 0.6) is 0 Å². The number of thiol groups is 1. The Balaban J connectivity index is 1.23. The number of aryl methyl sites for hydroxylation is 2. The fourth-order valence-corrected chi connectivity index (χ4v) is 7.81. The monoisotopic (exact) mass is 631 g/mol. The molecule has 3 unspecified atom stereocenters. The van der Waals surface area contributed by atoms with Crippen LogP contribution in [-0.4, -0.2) is 44.0 Å². The molecule has 1 aliphatic heterocycles. The fraction of sp³-hybridized carbons (Fsp3) is 0.367. The van der Waals surface area contributed by atoms with Crippen molar-refractivity contribution in [3.63, 3.8) is 0 Å². The summed E-state index contributed by atoms with van der Waals surface area (Å²) < 4.78 is 44.8. The summed E-state index contributed by atoms with van der Waals surface area (Å²) in [6, 6.07) is 13.0. The van der Waals surface area contributed by atoms with Gasteiger partial charge in [-0.2, -0.15) is 18.3 Å². The number of likely N-dealkylation sites (tertiary alicyclic amines) is 1. The van der Waals surface area contributed by atoms with Gasteiger partial charge in [-0.1, -0.05) is 30.3 Å². The number of thiophene rings is 1. The van der Waals surface area contributed by atoms with Crippen LogP contribution in [-0.2, 0) is 19.6 Å². The first-order valence-electron chi connectivity index (χ1n) is 13.6. The lowest BCUT2D eigenvalue weighted by atomic mass is 9.79. The maximum Gasteiger partial charge on any atom is 0.433 e. The van der Waals surface area contributed by atoms with Crippen molar-refractivity contribution in [2.24, 2.45) is 18.9 Å². The van der Waals surface area contributed by atoms with E-state index < -0.39 is 11.9 Å². The molecule has 6 nitrogen and oxygen atoms in total. The molecule has 0 bridgehead atoms. The van der Waals surface area contributed by atoms with Gasteiger partial charge in [0.15, 0.2) is 0 Å². The van der Waals surface area contributed by atoms with Gasteiger partial charge in [-0.25, -0.2) is 0 Å². The molecule has 222 valence electrons. The van der Waals surface area contributed by atoms with Gasteiger partial charge in [0.1, 0.15) is 11.4 Å². The Morgan fingerprint density at radius 2 is 2.10 bits per heavy atom. The first kappa shape index (κ1) is 30.7. The molecule has 3 aromatic heterocycles. The summed E-state index contributed by atoms with van der Waals surface area (Å²) in [7, 11) is 1.30. The molecule has 4 heterocycles. The van der Waals surface area contributed by atoms with Crippen LogP contribution in [0, 0.1) is 18.8 Å². The standard InChI is InChI=1S/C30H32F3N5OS3/c1-4-19(17-35-42-28-8-7-26(41-28)25-16-27(30(31,32)33)37(3)36-25)20-10-12-38(29(39)40)22(14-20)15-21-9-11-34-24-6-5-18(2)13-23(21)24/h4-9,11,13,16,19-20,22,35H,1,10,12,14-15,17H2,2-3H3,(H,39,40). The van der Waals surface area contributed by atoms with Gasteiger partial charge < -0.3 is 4.90 Å². The molecule has 0 saturated carbocycles. The summed E-state index contributed by atoms with van der Waals surface area (Å²) in [6.45, 7) is 7.47. The molecule has 1 N–H and O–H groups in total. The van der Waals surface area contributed by atoms with Gasteiger partial charge in [0.05, 0.1) is 14.6 Å². The molecule has 0 aliphatic carbocycles. The van der Waals surface area contributed by atoms with Gasteiger partial charge in [0, 0.05) is 37.8 Å². The number of rotatable bonds is 9. The third-order valence-electron chi connectivity index (χ3n) is 7.85. The Morgan fingerprint density at radius 1 is 1.29 bits per heavy atom. The van der Waals surface area contributed by atoms with E-state index in [1.807, 2.05) is 35.4 Å². The van der Waals surface area contributed by atoms with E-state index in [9.17, 15) is 18.0 Å². The van der Waals surface area contributed by atoms with Crippen LogP contribution in [0.2, 0.25) is 0 Å². The first-order valence-corrected chi connectivity index (χ1v) is 15.7. The third-order valence-corrected chi connectivity index (χ3v) is 10.2. The molecule has 1 aromatic carbocycles. The van der Waals surface area contributed by atoms with Crippen molar-refractivity contribution >= 4 is 52.1 Å². The number of piperidine rings is 1. The van der Waals surface area contributed by atoms with E-state index in [4.69, 9.17) is 0 Å². The summed E-state index contributed by atoms with van der Waals surface area (Å²) in [5, 5.41) is 4.95. The maximum absolute atomic E-state index is 13.2. The Kier molecular flexibility index (Phi) is 9.36. The summed E-state index contributed by atoms with van der Waals surface area (Å²) in [5.74, 6) is 0.505. The molecule has 12 heteroatoms. The van der Waals surface area contributed by atoms with Crippen LogP contribution in [0.1, 0.15) is 29.7 Å². The van der Waals surface area contributed by atoms with E-state index >= 15 is 0 Å². The Bertz CT molecular complexity index is 1580. The quantitative estimate of drug-likeness (QED) is 0.112. The lowest BCUT2D eigenvalue weighted by Crippen LogP contribution is -2.47. The zero-order chi connectivity index (χ0) is 30.0. The van der Waals surface area contributed by atoms with Crippen LogP contribution < -0.4 is 4.72 Å². The molecule has 1 saturated heterocycles. The van der Waals surface area contributed by atoms with E-state index in [0.717, 1.165) is 45.1 Å². The van der Waals surface area contributed by atoms with Crippen molar-refractivity contribution in [2.75, 3.05) is 13.1 Å². The summed E-state index contributed by atoms with van der Waals surface area (Å²) in [5.41, 5.74) is 2.81. The number of benzene rings is 1. The molecule has 1 amide bonds. The number of fused-ring (bicyclic) bond motifs is 1. The van der Waals surface area contributed by atoms with E-state index in [-0.39, 0.29) is 17.2 Å². The zero-order valence-corrected chi connectivity index (χ0v) is 25.8. The van der Waals surface area contributed by atoms with E-state index in [0.29, 0.717) is 29.6 Å². The van der Waals surface area contributed by atoms with E-state index in [2.05, 4.69) is 53.1 Å². The predicted molar refractivity (Wildman–Crippen MR) is 167 cm³/mol. The number of hydrogen-bond donors (Lipinski definition) is 2. The predicted octanol–water partition coefficient (Wildman–Crippen LogP) is 7.80. The molecule has 0 radical (unpaired) electrons. The van der Waals surface area contributed by atoms with Crippen LogP contribution in [0.4, 0.5) is 18.0 Å². The van der Waals surface area contributed by atoms with E-state index in [1.165, 1.54) is 41.5 Å². The molecule has 3 atom stereocenters. The topological polar surface area (TPSA) is 63.1 Å². The van der Waals surface area contributed by atoms with Crippen molar-refractivity contribution in [1.82, 2.24) is 24.4 Å².